The molecule has 1 spiro atoms. The van der Waals surface area contributed by atoms with Gasteiger partial charge in [-0.25, -0.2) is 4.39 Å². The van der Waals surface area contributed by atoms with E-state index in [-0.39, 0.29) is 17.3 Å². The second-order valence-electron chi connectivity index (χ2n) is 5.67. The molecule has 1 aliphatic heterocycles. The second-order valence-corrected chi connectivity index (χ2v) is 5.67. The topological polar surface area (TPSA) is 9.23 Å². The van der Waals surface area contributed by atoms with Crippen LogP contribution >= 0.6 is 0 Å². The van der Waals surface area contributed by atoms with Crippen molar-refractivity contribution in [3.63, 3.8) is 0 Å². The van der Waals surface area contributed by atoms with Crippen LogP contribution in [0.3, 0.4) is 0 Å². The number of rotatable bonds is 0. The molecule has 0 bridgehead atoms. The third-order valence-corrected chi connectivity index (χ3v) is 4.52. The molecule has 2 atom stereocenters. The molecule has 2 aliphatic carbocycles. The molecule has 1 aromatic carbocycles. The van der Waals surface area contributed by atoms with E-state index in [0.29, 0.717) is 5.92 Å². The van der Waals surface area contributed by atoms with Crippen molar-refractivity contribution in [3.05, 3.63) is 53.4 Å². The molecule has 1 nitrogen and oxygen atoms in total. The van der Waals surface area contributed by atoms with E-state index in [2.05, 4.69) is 25.2 Å². The summed E-state index contributed by atoms with van der Waals surface area (Å²) in [6.07, 6.45) is 9.01. The fraction of sp³-hybridized carbons (Fsp3) is 0.444. The van der Waals surface area contributed by atoms with Gasteiger partial charge in [0, 0.05) is 16.9 Å². The highest BCUT2D eigenvalue weighted by molar-refractivity contribution is 5.50. The summed E-state index contributed by atoms with van der Waals surface area (Å²) in [7, 11) is 0. The van der Waals surface area contributed by atoms with Crippen LogP contribution in [-0.2, 0) is 5.41 Å². The Morgan fingerprint density at radius 2 is 2.00 bits per heavy atom. The molecule has 1 heterocycles. The van der Waals surface area contributed by atoms with E-state index in [1.165, 1.54) is 11.6 Å². The van der Waals surface area contributed by atoms with Crippen molar-refractivity contribution in [1.29, 1.82) is 0 Å². The number of allylic oxidation sites excluding steroid dienone is 2. The van der Waals surface area contributed by atoms with Crippen LogP contribution in [0.4, 0.5) is 4.39 Å². The maximum Gasteiger partial charge on any atom is 0.124 e. The summed E-state index contributed by atoms with van der Waals surface area (Å²) in [6, 6.07) is 4.94. The normalized spacial score (nSPS) is 27.5. The lowest BCUT2D eigenvalue weighted by Gasteiger charge is -2.39. The van der Waals surface area contributed by atoms with Gasteiger partial charge in [0.2, 0.25) is 0 Å². The zero-order valence-corrected chi connectivity index (χ0v) is 12.3. The summed E-state index contributed by atoms with van der Waals surface area (Å²) in [5.41, 5.74) is 2.45. The summed E-state index contributed by atoms with van der Waals surface area (Å²) < 4.78 is 19.5. The van der Waals surface area contributed by atoms with Gasteiger partial charge in [0.25, 0.3) is 0 Å². The Hall–Kier alpha value is -1.57. The highest BCUT2D eigenvalue weighted by Crippen LogP contribution is 2.61. The van der Waals surface area contributed by atoms with Crippen LogP contribution in [-0.4, -0.2) is 6.10 Å². The first-order valence-corrected chi connectivity index (χ1v) is 7.52. The van der Waals surface area contributed by atoms with Crippen molar-refractivity contribution >= 4 is 0 Å². The Morgan fingerprint density at radius 3 is 2.70 bits per heavy atom. The third-order valence-electron chi connectivity index (χ3n) is 4.52. The molecule has 1 saturated carbocycles. The summed E-state index contributed by atoms with van der Waals surface area (Å²) in [5, 5.41) is 0. The van der Waals surface area contributed by atoms with E-state index >= 15 is 0 Å². The number of fused-ring (bicyclic) bond motifs is 4. The summed E-state index contributed by atoms with van der Waals surface area (Å²) in [4.78, 5) is 0. The number of hydrogen-bond acceptors (Lipinski definition) is 1. The molecule has 0 radical (unpaired) electrons. The first-order valence-electron chi connectivity index (χ1n) is 7.52. The number of ether oxygens (including phenoxy) is 1. The molecule has 0 saturated heterocycles. The van der Waals surface area contributed by atoms with Crippen LogP contribution < -0.4 is 4.74 Å². The molecule has 3 aliphatic rings. The highest BCUT2D eigenvalue weighted by Gasteiger charge is 2.56. The van der Waals surface area contributed by atoms with Gasteiger partial charge in [-0.1, -0.05) is 31.6 Å². The van der Waals surface area contributed by atoms with Gasteiger partial charge in [-0.2, -0.15) is 0 Å². The number of hydrogen-bond donors (Lipinski definition) is 0. The minimum atomic E-state index is -0.159. The average molecular weight is 272 g/mol. The van der Waals surface area contributed by atoms with Crippen molar-refractivity contribution in [2.24, 2.45) is 5.92 Å². The van der Waals surface area contributed by atoms with Crippen molar-refractivity contribution in [1.82, 2.24) is 0 Å². The van der Waals surface area contributed by atoms with Gasteiger partial charge in [-0.15, -0.1) is 0 Å². The summed E-state index contributed by atoms with van der Waals surface area (Å²) >= 11 is 0. The lowest BCUT2D eigenvalue weighted by molar-refractivity contribution is 0.146. The van der Waals surface area contributed by atoms with Gasteiger partial charge in [-0.3, -0.25) is 0 Å². The van der Waals surface area contributed by atoms with Crippen molar-refractivity contribution in [2.45, 2.75) is 45.1 Å². The average Bonchev–Trinajstić information content (AvgIpc) is 3.24. The Bertz CT molecular complexity index is 581. The van der Waals surface area contributed by atoms with Crippen LogP contribution in [0.2, 0.25) is 0 Å². The molecule has 0 aromatic heterocycles. The monoisotopic (exact) mass is 272 g/mol. The zero-order chi connectivity index (χ0) is 14.3. The predicted octanol–water partition coefficient (Wildman–Crippen LogP) is 4.78. The van der Waals surface area contributed by atoms with Crippen LogP contribution in [0.15, 0.2) is 42.0 Å². The molecule has 1 fully saturated rings. The minimum Gasteiger partial charge on any atom is -0.485 e. The lowest BCUT2D eigenvalue weighted by atomic mass is 9.74. The van der Waals surface area contributed by atoms with Crippen molar-refractivity contribution < 1.29 is 9.13 Å². The SMILES string of the molecule is CC.CC1=CC2Oc3ccc(F)cc3C3(CC3)C2C=C1. The standard InChI is InChI=1S/C16H15FO.C2H6/c1-10-2-4-12-15(8-10)18-14-5-3-11(17)9-13(14)16(12)6-7-16;1-2/h2-5,8-9,12,15H,6-7H2,1H3;1-2H3. The largest absolute Gasteiger partial charge is 0.485 e. The lowest BCUT2D eigenvalue weighted by Crippen LogP contribution is -2.39. The molecular weight excluding hydrogens is 251 g/mol. The fourth-order valence-electron chi connectivity index (χ4n) is 3.45. The quantitative estimate of drug-likeness (QED) is 0.660. The van der Waals surface area contributed by atoms with E-state index in [4.69, 9.17) is 4.74 Å². The van der Waals surface area contributed by atoms with Crippen LogP contribution in [0.1, 0.15) is 39.2 Å². The molecule has 2 heteroatoms. The van der Waals surface area contributed by atoms with Crippen LogP contribution in [0.25, 0.3) is 0 Å². The minimum absolute atomic E-state index is 0.121. The first-order chi connectivity index (χ1) is 9.69. The van der Waals surface area contributed by atoms with E-state index in [1.807, 2.05) is 13.8 Å². The van der Waals surface area contributed by atoms with Gasteiger partial charge in [0.05, 0.1) is 0 Å². The fourth-order valence-corrected chi connectivity index (χ4v) is 3.45. The molecule has 0 amide bonds. The van der Waals surface area contributed by atoms with E-state index in [1.54, 1.807) is 12.1 Å². The number of benzene rings is 1. The highest BCUT2D eigenvalue weighted by atomic mass is 19.1. The summed E-state index contributed by atoms with van der Waals surface area (Å²) in [5.74, 6) is 1.08. The molecule has 2 unspecified atom stereocenters. The molecule has 0 N–H and O–H groups in total. The molecule has 20 heavy (non-hydrogen) atoms. The molecule has 4 rings (SSSR count). The third kappa shape index (κ3) is 1.90. The first kappa shape index (κ1) is 13.4. The van der Waals surface area contributed by atoms with Gasteiger partial charge < -0.3 is 4.74 Å². The molecular formula is C18H21FO. The maximum atomic E-state index is 13.5. The Labute approximate surface area is 120 Å². The van der Waals surface area contributed by atoms with Gasteiger partial charge in [0.1, 0.15) is 17.7 Å². The zero-order valence-electron chi connectivity index (χ0n) is 12.3. The van der Waals surface area contributed by atoms with Crippen LogP contribution in [0.5, 0.6) is 5.75 Å². The Kier molecular flexibility index (Phi) is 3.19. The summed E-state index contributed by atoms with van der Waals surface area (Å²) in [6.45, 7) is 6.09. The van der Waals surface area contributed by atoms with Crippen LogP contribution in [0, 0.1) is 11.7 Å². The van der Waals surface area contributed by atoms with E-state index in [0.717, 1.165) is 24.2 Å². The molecule has 106 valence electrons. The maximum absolute atomic E-state index is 13.5. The van der Waals surface area contributed by atoms with E-state index in [9.17, 15) is 4.39 Å². The van der Waals surface area contributed by atoms with Gasteiger partial charge in [0.15, 0.2) is 0 Å². The Balaban J connectivity index is 0.000000581. The number of halogens is 1. The predicted molar refractivity (Wildman–Crippen MR) is 79.5 cm³/mol. The Morgan fingerprint density at radius 1 is 1.25 bits per heavy atom. The van der Waals surface area contributed by atoms with Crippen molar-refractivity contribution in [2.75, 3.05) is 0 Å². The smallest absolute Gasteiger partial charge is 0.124 e. The van der Waals surface area contributed by atoms with Crippen molar-refractivity contribution in [3.8, 4) is 5.75 Å². The molecule has 1 aromatic rings. The second kappa shape index (κ2) is 4.76. The van der Waals surface area contributed by atoms with Gasteiger partial charge >= 0.3 is 0 Å². The van der Waals surface area contributed by atoms with E-state index < -0.39 is 0 Å². The van der Waals surface area contributed by atoms with Gasteiger partial charge in [-0.05, 0) is 44.0 Å².